The van der Waals surface area contributed by atoms with Gasteiger partial charge in [-0.25, -0.2) is 0 Å². The molecule has 0 bridgehead atoms. The van der Waals surface area contributed by atoms with Gasteiger partial charge in [0.1, 0.15) is 16.7 Å². The monoisotopic (exact) mass is 552 g/mol. The highest BCUT2D eigenvalue weighted by Gasteiger charge is 2.46. The number of allylic oxidation sites excluding steroid dienone is 3. The number of hydrogen-bond donors (Lipinski definition) is 0. The van der Waals surface area contributed by atoms with Gasteiger partial charge in [0.15, 0.2) is 0 Å². The Kier molecular flexibility index (Phi) is 4.61. The normalized spacial score (nSPS) is 15.2. The van der Waals surface area contributed by atoms with Crippen LogP contribution in [0.15, 0.2) is 142 Å². The fourth-order valence-corrected chi connectivity index (χ4v) is 7.50. The first kappa shape index (κ1) is 23.2. The summed E-state index contributed by atoms with van der Waals surface area (Å²) in [5.41, 5.74) is 12.3. The molecule has 0 amide bonds. The highest BCUT2D eigenvalue weighted by molar-refractivity contribution is 7.01. The van der Waals surface area contributed by atoms with Crippen LogP contribution in [-0.4, -0.2) is 6.71 Å². The van der Waals surface area contributed by atoms with Crippen LogP contribution in [0.2, 0.25) is 0 Å². The second kappa shape index (κ2) is 8.56. The minimum Gasteiger partial charge on any atom is -0.456 e. The summed E-state index contributed by atoms with van der Waals surface area (Å²) in [4.78, 5) is 4.76. The SMILES string of the molecule is C1=CC(N2c3cccc4c3B(c3ccccc3N4c3ccccc3)c3c2oc2cc4c(cc32)oc2ccccc24)=CCC1. The Morgan fingerprint density at radius 3 is 2.19 bits per heavy atom. The molecule has 202 valence electrons. The molecule has 4 nitrogen and oxygen atoms in total. The van der Waals surface area contributed by atoms with E-state index < -0.39 is 0 Å². The Hall–Kier alpha value is -5.42. The van der Waals surface area contributed by atoms with Crippen molar-refractivity contribution in [2.24, 2.45) is 0 Å². The van der Waals surface area contributed by atoms with E-state index in [0.717, 1.165) is 68.7 Å². The number of hydrogen-bond acceptors (Lipinski definition) is 4. The summed E-state index contributed by atoms with van der Waals surface area (Å²) in [7, 11) is 0. The molecule has 2 aromatic heterocycles. The maximum Gasteiger partial charge on any atom is 0.257 e. The van der Waals surface area contributed by atoms with Gasteiger partial charge in [0.2, 0.25) is 5.88 Å². The van der Waals surface area contributed by atoms with Crippen molar-refractivity contribution in [2.45, 2.75) is 12.8 Å². The summed E-state index contributed by atoms with van der Waals surface area (Å²) in [5, 5.41) is 3.28. The van der Waals surface area contributed by atoms with Gasteiger partial charge in [-0.1, -0.05) is 72.8 Å². The molecule has 0 atom stereocenters. The minimum atomic E-state index is 0.00450. The lowest BCUT2D eigenvalue weighted by Crippen LogP contribution is -2.61. The quantitative estimate of drug-likeness (QED) is 0.202. The van der Waals surface area contributed by atoms with Crippen LogP contribution >= 0.6 is 0 Å². The first-order valence-corrected chi connectivity index (χ1v) is 15.0. The topological polar surface area (TPSA) is 32.8 Å². The third kappa shape index (κ3) is 3.11. The van der Waals surface area contributed by atoms with Gasteiger partial charge in [0.25, 0.3) is 6.71 Å². The molecule has 2 aliphatic heterocycles. The van der Waals surface area contributed by atoms with Crippen LogP contribution in [0.5, 0.6) is 0 Å². The number of anilines is 5. The Morgan fingerprint density at radius 1 is 0.558 bits per heavy atom. The van der Waals surface area contributed by atoms with E-state index in [0.29, 0.717) is 0 Å². The van der Waals surface area contributed by atoms with E-state index in [-0.39, 0.29) is 6.71 Å². The maximum absolute atomic E-state index is 6.96. The molecule has 43 heavy (non-hydrogen) atoms. The summed E-state index contributed by atoms with van der Waals surface area (Å²) in [5.74, 6) is 0.891. The number of nitrogens with zero attached hydrogens (tertiary/aromatic N) is 2. The highest BCUT2D eigenvalue weighted by atomic mass is 16.4. The maximum atomic E-state index is 6.96. The fourth-order valence-electron chi connectivity index (χ4n) is 7.50. The largest absolute Gasteiger partial charge is 0.456 e. The van der Waals surface area contributed by atoms with Gasteiger partial charge >= 0.3 is 0 Å². The summed E-state index contributed by atoms with van der Waals surface area (Å²) in [6.45, 7) is 0.00450. The van der Waals surface area contributed by atoms with E-state index in [1.807, 2.05) is 12.1 Å². The summed E-state index contributed by atoms with van der Waals surface area (Å²) in [6, 6.07) is 38.9. The van der Waals surface area contributed by atoms with Gasteiger partial charge in [-0.3, -0.25) is 4.90 Å². The average Bonchev–Trinajstić information content (AvgIpc) is 3.62. The Balaban J connectivity index is 1.33. The molecule has 5 aromatic carbocycles. The van der Waals surface area contributed by atoms with Crippen LogP contribution in [-0.2, 0) is 0 Å². The lowest BCUT2D eigenvalue weighted by atomic mass is 9.33. The van der Waals surface area contributed by atoms with Gasteiger partial charge in [0, 0.05) is 50.1 Å². The molecule has 5 heteroatoms. The average molecular weight is 552 g/mol. The molecule has 1 aliphatic carbocycles. The van der Waals surface area contributed by atoms with E-state index in [1.165, 1.54) is 27.8 Å². The predicted molar refractivity (Wildman–Crippen MR) is 178 cm³/mol. The molecule has 0 N–H and O–H groups in total. The van der Waals surface area contributed by atoms with Crippen LogP contribution in [0, 0.1) is 0 Å². The zero-order chi connectivity index (χ0) is 28.1. The van der Waals surface area contributed by atoms with Gasteiger partial charge < -0.3 is 13.7 Å². The second-order valence-corrected chi connectivity index (χ2v) is 11.6. The van der Waals surface area contributed by atoms with Crippen molar-refractivity contribution >= 4 is 84.6 Å². The van der Waals surface area contributed by atoms with Crippen molar-refractivity contribution in [1.82, 2.24) is 0 Å². The second-order valence-electron chi connectivity index (χ2n) is 11.6. The van der Waals surface area contributed by atoms with E-state index in [2.05, 4.69) is 125 Å². The number of para-hydroxylation sites is 3. The predicted octanol–water partition coefficient (Wildman–Crippen LogP) is 8.32. The van der Waals surface area contributed by atoms with Gasteiger partial charge in [-0.2, -0.15) is 0 Å². The number of furan rings is 2. The zero-order valence-corrected chi connectivity index (χ0v) is 23.3. The molecule has 0 fully saturated rings. The fraction of sp³-hybridized carbons (Fsp3) is 0.0526. The zero-order valence-electron chi connectivity index (χ0n) is 23.3. The Labute approximate surface area is 248 Å². The van der Waals surface area contributed by atoms with Crippen LogP contribution in [0.4, 0.5) is 28.6 Å². The van der Waals surface area contributed by atoms with Gasteiger partial charge in [0.05, 0.1) is 0 Å². The molecule has 0 saturated heterocycles. The number of benzene rings is 5. The first-order chi connectivity index (χ1) is 21.3. The lowest BCUT2D eigenvalue weighted by Gasteiger charge is -2.42. The lowest BCUT2D eigenvalue weighted by molar-refractivity contribution is 0.619. The third-order valence-electron chi connectivity index (χ3n) is 9.27. The third-order valence-corrected chi connectivity index (χ3v) is 9.27. The number of rotatable bonds is 2. The molecular weight excluding hydrogens is 527 g/mol. The van der Waals surface area contributed by atoms with E-state index in [4.69, 9.17) is 8.83 Å². The van der Waals surface area contributed by atoms with Crippen molar-refractivity contribution in [2.75, 3.05) is 9.80 Å². The van der Waals surface area contributed by atoms with Gasteiger partial charge in [-0.05, 0) is 78.4 Å². The van der Waals surface area contributed by atoms with Crippen LogP contribution in [0.3, 0.4) is 0 Å². The minimum absolute atomic E-state index is 0.00450. The van der Waals surface area contributed by atoms with Crippen LogP contribution in [0.25, 0.3) is 32.9 Å². The van der Waals surface area contributed by atoms with E-state index in [9.17, 15) is 0 Å². The summed E-state index contributed by atoms with van der Waals surface area (Å²) in [6.07, 6.45) is 8.91. The van der Waals surface area contributed by atoms with Crippen molar-refractivity contribution in [3.8, 4) is 0 Å². The molecule has 7 aromatic rings. The number of fused-ring (bicyclic) bond motifs is 9. The van der Waals surface area contributed by atoms with Crippen molar-refractivity contribution in [1.29, 1.82) is 0 Å². The Bertz CT molecular complexity index is 2330. The smallest absolute Gasteiger partial charge is 0.257 e. The molecule has 0 spiro atoms. The molecule has 4 heterocycles. The van der Waals surface area contributed by atoms with E-state index in [1.54, 1.807) is 0 Å². The summed E-state index contributed by atoms with van der Waals surface area (Å²) >= 11 is 0. The Morgan fingerprint density at radius 2 is 1.30 bits per heavy atom. The highest BCUT2D eigenvalue weighted by Crippen LogP contribution is 2.45. The van der Waals surface area contributed by atoms with Crippen molar-refractivity contribution < 1.29 is 8.83 Å². The molecule has 0 radical (unpaired) electrons. The van der Waals surface area contributed by atoms with Crippen LogP contribution in [0.1, 0.15) is 12.8 Å². The molecule has 3 aliphatic rings. The van der Waals surface area contributed by atoms with Crippen LogP contribution < -0.4 is 26.2 Å². The standard InChI is InChI=1S/C38H25BN2O2/c1-3-12-24(13-4-1)40-30-18-9-8-17-29(30)39-36-28-23-34-27(26-16-7-10-21-33(26)42-34)22-35(28)43-38(36)41(25-14-5-2-6-15-25)32-20-11-19-31(40)37(32)39/h1,3-5,7-23H,2,6H2. The molecule has 0 unspecified atom stereocenters. The van der Waals surface area contributed by atoms with E-state index >= 15 is 0 Å². The summed E-state index contributed by atoms with van der Waals surface area (Å²) < 4.78 is 13.4. The van der Waals surface area contributed by atoms with Crippen molar-refractivity contribution in [3.05, 3.63) is 133 Å². The molecule has 10 rings (SSSR count). The van der Waals surface area contributed by atoms with Crippen molar-refractivity contribution in [3.63, 3.8) is 0 Å². The van der Waals surface area contributed by atoms with Gasteiger partial charge in [-0.15, -0.1) is 0 Å². The molecular formula is C38H25BN2O2. The molecule has 0 saturated carbocycles. The first-order valence-electron chi connectivity index (χ1n) is 15.0.